The summed E-state index contributed by atoms with van der Waals surface area (Å²) in [6.45, 7) is 9.56. The van der Waals surface area contributed by atoms with E-state index in [2.05, 4.69) is 36.9 Å². The molecule has 0 aliphatic carbocycles. The Balaban J connectivity index is 1.85. The second-order valence-electron chi connectivity index (χ2n) is 8.26. The van der Waals surface area contributed by atoms with E-state index in [0.29, 0.717) is 17.0 Å². The fourth-order valence-electron chi connectivity index (χ4n) is 2.58. The summed E-state index contributed by atoms with van der Waals surface area (Å²) >= 11 is 0. The van der Waals surface area contributed by atoms with Gasteiger partial charge in [0.1, 0.15) is 5.75 Å². The first-order chi connectivity index (χ1) is 14.1. The summed E-state index contributed by atoms with van der Waals surface area (Å²) < 4.78 is 5.63. The van der Waals surface area contributed by atoms with E-state index >= 15 is 0 Å². The molecular weight excluding hydrogens is 382 g/mol. The maximum absolute atomic E-state index is 12.2. The number of carbonyl (C=O) groups is 3. The Morgan fingerprint density at radius 1 is 0.933 bits per heavy atom. The van der Waals surface area contributed by atoms with Crippen molar-refractivity contribution in [1.29, 1.82) is 0 Å². The van der Waals surface area contributed by atoms with E-state index in [-0.39, 0.29) is 23.8 Å². The summed E-state index contributed by atoms with van der Waals surface area (Å²) in [5.74, 6) is -0.563. The first-order valence-corrected chi connectivity index (χ1v) is 9.80. The predicted molar refractivity (Wildman–Crippen MR) is 116 cm³/mol. The zero-order valence-corrected chi connectivity index (χ0v) is 18.0. The molecule has 0 saturated carbocycles. The molecule has 3 N–H and O–H groups in total. The molecule has 30 heavy (non-hydrogen) atoms. The van der Waals surface area contributed by atoms with Crippen LogP contribution in [0.25, 0.3) is 0 Å². The summed E-state index contributed by atoms with van der Waals surface area (Å²) in [4.78, 5) is 35.9. The summed E-state index contributed by atoms with van der Waals surface area (Å²) in [5.41, 5.74) is 6.50. The average Bonchev–Trinajstić information content (AvgIpc) is 2.70. The van der Waals surface area contributed by atoms with Gasteiger partial charge in [0, 0.05) is 17.2 Å². The van der Waals surface area contributed by atoms with E-state index < -0.39 is 11.8 Å². The topological polar surface area (TPSA) is 96.5 Å². The lowest BCUT2D eigenvalue weighted by atomic mass is 9.86. The highest BCUT2D eigenvalue weighted by molar-refractivity contribution is 5.97. The smallest absolute Gasteiger partial charge is 0.276 e. The number of anilines is 1. The standard InChI is InChI=1S/C23H29N3O4/c1-15(2)21(28)24-17-12-10-16(11-13-17)22(29)26-25-20(27)14-30-19-9-7-6-8-18(19)23(3,4)5/h6-13,15H,14H2,1-5H3,(H,24,28)(H,25,27)(H,26,29). The van der Waals surface area contributed by atoms with Crippen molar-refractivity contribution in [3.05, 3.63) is 59.7 Å². The molecule has 0 aromatic heterocycles. The lowest BCUT2D eigenvalue weighted by Crippen LogP contribution is -2.43. The van der Waals surface area contributed by atoms with Gasteiger partial charge in [0.2, 0.25) is 5.91 Å². The normalized spacial score (nSPS) is 11.0. The van der Waals surface area contributed by atoms with Crippen molar-refractivity contribution in [1.82, 2.24) is 10.9 Å². The number of nitrogens with one attached hydrogen (secondary N) is 3. The number of para-hydroxylation sites is 1. The third-order valence-electron chi connectivity index (χ3n) is 4.31. The van der Waals surface area contributed by atoms with Gasteiger partial charge in [-0.25, -0.2) is 0 Å². The molecule has 0 atom stereocenters. The van der Waals surface area contributed by atoms with Gasteiger partial charge in [-0.15, -0.1) is 0 Å². The zero-order chi connectivity index (χ0) is 22.3. The van der Waals surface area contributed by atoms with Crippen LogP contribution in [-0.4, -0.2) is 24.3 Å². The molecule has 0 radical (unpaired) electrons. The van der Waals surface area contributed by atoms with E-state index in [4.69, 9.17) is 4.74 Å². The van der Waals surface area contributed by atoms with E-state index in [1.165, 1.54) is 0 Å². The molecule has 0 fully saturated rings. The van der Waals surface area contributed by atoms with Gasteiger partial charge < -0.3 is 10.1 Å². The number of hydrogen-bond acceptors (Lipinski definition) is 4. The van der Waals surface area contributed by atoms with Crippen molar-refractivity contribution >= 4 is 23.4 Å². The number of ether oxygens (including phenoxy) is 1. The molecule has 7 heteroatoms. The number of hydrogen-bond donors (Lipinski definition) is 3. The molecule has 3 amide bonds. The highest BCUT2D eigenvalue weighted by Crippen LogP contribution is 2.30. The number of carbonyl (C=O) groups excluding carboxylic acids is 3. The van der Waals surface area contributed by atoms with Crippen LogP contribution in [-0.2, 0) is 15.0 Å². The monoisotopic (exact) mass is 411 g/mol. The lowest BCUT2D eigenvalue weighted by molar-refractivity contribution is -0.124. The minimum Gasteiger partial charge on any atom is -0.483 e. The van der Waals surface area contributed by atoms with Gasteiger partial charge in [-0.1, -0.05) is 52.8 Å². The zero-order valence-electron chi connectivity index (χ0n) is 18.0. The van der Waals surface area contributed by atoms with Crippen LogP contribution in [0.15, 0.2) is 48.5 Å². The molecular formula is C23H29N3O4. The molecule has 0 bridgehead atoms. The van der Waals surface area contributed by atoms with Crippen molar-refractivity contribution in [3.63, 3.8) is 0 Å². The first kappa shape index (κ1) is 22.9. The summed E-state index contributed by atoms with van der Waals surface area (Å²) in [5, 5.41) is 2.75. The van der Waals surface area contributed by atoms with E-state index in [9.17, 15) is 14.4 Å². The van der Waals surface area contributed by atoms with Crippen LogP contribution in [0.4, 0.5) is 5.69 Å². The Hall–Kier alpha value is -3.35. The summed E-state index contributed by atoms with van der Waals surface area (Å²) in [6.07, 6.45) is 0. The maximum Gasteiger partial charge on any atom is 0.276 e. The lowest BCUT2D eigenvalue weighted by Gasteiger charge is -2.22. The van der Waals surface area contributed by atoms with Crippen molar-refractivity contribution < 1.29 is 19.1 Å². The molecule has 0 heterocycles. The SMILES string of the molecule is CC(C)C(=O)Nc1ccc(C(=O)NNC(=O)COc2ccccc2C(C)(C)C)cc1. The molecule has 2 aromatic rings. The second-order valence-corrected chi connectivity index (χ2v) is 8.26. The highest BCUT2D eigenvalue weighted by atomic mass is 16.5. The quantitative estimate of drug-likeness (QED) is 0.635. The van der Waals surface area contributed by atoms with Crippen LogP contribution in [0.3, 0.4) is 0 Å². The van der Waals surface area contributed by atoms with Crippen LogP contribution in [0, 0.1) is 5.92 Å². The first-order valence-electron chi connectivity index (χ1n) is 9.80. The Kier molecular flexibility index (Phi) is 7.58. The summed E-state index contributed by atoms with van der Waals surface area (Å²) in [7, 11) is 0. The largest absolute Gasteiger partial charge is 0.483 e. The van der Waals surface area contributed by atoms with Gasteiger partial charge in [-0.3, -0.25) is 25.2 Å². The van der Waals surface area contributed by atoms with Gasteiger partial charge in [-0.05, 0) is 41.3 Å². The minimum absolute atomic E-state index is 0.104. The molecule has 0 saturated heterocycles. The average molecular weight is 412 g/mol. The highest BCUT2D eigenvalue weighted by Gasteiger charge is 2.19. The van der Waals surface area contributed by atoms with Crippen LogP contribution < -0.4 is 20.9 Å². The maximum atomic E-state index is 12.2. The Morgan fingerprint density at radius 2 is 1.57 bits per heavy atom. The molecule has 0 spiro atoms. The minimum atomic E-state index is -0.479. The Morgan fingerprint density at radius 3 is 2.17 bits per heavy atom. The predicted octanol–water partition coefficient (Wildman–Crippen LogP) is 3.42. The van der Waals surface area contributed by atoms with Gasteiger partial charge >= 0.3 is 0 Å². The van der Waals surface area contributed by atoms with E-state index in [1.807, 2.05) is 24.3 Å². The second kappa shape index (κ2) is 9.91. The van der Waals surface area contributed by atoms with E-state index in [0.717, 1.165) is 5.56 Å². The third kappa shape index (κ3) is 6.62. The fourth-order valence-corrected chi connectivity index (χ4v) is 2.58. The number of rotatable bonds is 6. The Labute approximate surface area is 177 Å². The van der Waals surface area contributed by atoms with E-state index in [1.54, 1.807) is 38.1 Å². The molecule has 7 nitrogen and oxygen atoms in total. The molecule has 2 rings (SSSR count). The molecule has 2 aromatic carbocycles. The fraction of sp³-hybridized carbons (Fsp3) is 0.348. The molecule has 160 valence electrons. The van der Waals surface area contributed by atoms with Crippen molar-refractivity contribution in [2.75, 3.05) is 11.9 Å². The van der Waals surface area contributed by atoms with Crippen molar-refractivity contribution in [2.24, 2.45) is 5.92 Å². The van der Waals surface area contributed by atoms with Crippen molar-refractivity contribution in [2.45, 2.75) is 40.0 Å². The number of hydrazine groups is 1. The number of benzene rings is 2. The van der Waals surface area contributed by atoms with Crippen LogP contribution in [0.2, 0.25) is 0 Å². The van der Waals surface area contributed by atoms with Crippen LogP contribution in [0.1, 0.15) is 50.5 Å². The van der Waals surface area contributed by atoms with Gasteiger partial charge in [0.15, 0.2) is 6.61 Å². The van der Waals surface area contributed by atoms with Crippen LogP contribution in [0.5, 0.6) is 5.75 Å². The van der Waals surface area contributed by atoms with Crippen molar-refractivity contribution in [3.8, 4) is 5.75 Å². The summed E-state index contributed by atoms with van der Waals surface area (Å²) in [6, 6.07) is 13.9. The number of amides is 3. The third-order valence-corrected chi connectivity index (χ3v) is 4.31. The van der Waals surface area contributed by atoms with Gasteiger partial charge in [0.05, 0.1) is 0 Å². The van der Waals surface area contributed by atoms with Gasteiger partial charge in [0.25, 0.3) is 11.8 Å². The molecule has 0 unspecified atom stereocenters. The van der Waals surface area contributed by atoms with Gasteiger partial charge in [-0.2, -0.15) is 0 Å². The Bertz CT molecular complexity index is 899. The molecule has 0 aliphatic heterocycles. The molecule has 0 aliphatic rings. The van der Waals surface area contributed by atoms with Crippen LogP contribution >= 0.6 is 0 Å².